The molecular weight excluding hydrogens is 406 g/mol. The monoisotopic (exact) mass is 429 g/mol. The second-order valence-corrected chi connectivity index (χ2v) is 9.24. The summed E-state index contributed by atoms with van der Waals surface area (Å²) in [6, 6.07) is 19.6. The van der Waals surface area contributed by atoms with Gasteiger partial charge in [-0.3, -0.25) is 4.79 Å². The third kappa shape index (κ3) is 5.90. The summed E-state index contributed by atoms with van der Waals surface area (Å²) in [7, 11) is -1.66. The van der Waals surface area contributed by atoms with Crippen LogP contribution in [0.15, 0.2) is 77.0 Å². The van der Waals surface area contributed by atoms with Crippen LogP contribution in [0.4, 0.5) is 5.69 Å². The molecule has 1 heterocycles. The zero-order chi connectivity index (χ0) is 20.7. The largest absolute Gasteiger partial charge is 0.373 e. The van der Waals surface area contributed by atoms with Crippen molar-refractivity contribution in [3.63, 3.8) is 0 Å². The number of benzene rings is 2. The number of carbonyl (C=O) groups is 1. The second-order valence-electron chi connectivity index (χ2n) is 6.44. The number of hydrogen-bond acceptors (Lipinski definition) is 5. The number of nitrogens with one attached hydrogen (secondary N) is 2. The number of carbonyl (C=O) groups excluding carboxylic acids is 1. The van der Waals surface area contributed by atoms with Crippen molar-refractivity contribution in [3.8, 4) is 0 Å². The van der Waals surface area contributed by atoms with E-state index in [2.05, 4.69) is 14.9 Å². The maximum Gasteiger partial charge on any atom is 0.251 e. The van der Waals surface area contributed by atoms with E-state index in [1.165, 1.54) is 35.6 Å². The van der Waals surface area contributed by atoms with Gasteiger partial charge in [-0.2, -0.15) is 0 Å². The van der Waals surface area contributed by atoms with Crippen molar-refractivity contribution in [2.75, 3.05) is 25.0 Å². The van der Waals surface area contributed by atoms with E-state index in [1.54, 1.807) is 0 Å². The van der Waals surface area contributed by atoms with Crippen molar-refractivity contribution >= 4 is 33.0 Å². The van der Waals surface area contributed by atoms with Gasteiger partial charge in [-0.25, -0.2) is 13.1 Å². The maximum absolute atomic E-state index is 12.4. The lowest BCUT2D eigenvalue weighted by Crippen LogP contribution is -2.33. The van der Waals surface area contributed by atoms with Crippen LogP contribution in [0, 0.1) is 0 Å². The topological polar surface area (TPSA) is 78.5 Å². The Kier molecular flexibility index (Phi) is 7.03. The smallest absolute Gasteiger partial charge is 0.251 e. The third-order valence-corrected chi connectivity index (χ3v) is 6.67. The normalized spacial score (nSPS) is 11.2. The summed E-state index contributed by atoms with van der Waals surface area (Å²) in [6.45, 7) is 1.39. The van der Waals surface area contributed by atoms with Gasteiger partial charge in [0.2, 0.25) is 10.0 Å². The highest BCUT2D eigenvalue weighted by Gasteiger charge is 2.15. The quantitative estimate of drug-likeness (QED) is 0.548. The van der Waals surface area contributed by atoms with Crippen molar-refractivity contribution < 1.29 is 13.2 Å². The lowest BCUT2D eigenvalue weighted by molar-refractivity contribution is 0.0954. The number of thiophene rings is 1. The minimum absolute atomic E-state index is 0.134. The predicted molar refractivity (Wildman–Crippen MR) is 117 cm³/mol. The van der Waals surface area contributed by atoms with E-state index < -0.39 is 10.0 Å². The van der Waals surface area contributed by atoms with E-state index in [-0.39, 0.29) is 17.3 Å². The molecule has 3 aromatic rings. The van der Waals surface area contributed by atoms with Crippen LogP contribution in [0.2, 0.25) is 0 Å². The summed E-state index contributed by atoms with van der Waals surface area (Å²) >= 11 is 1.49. The molecule has 0 fully saturated rings. The van der Waals surface area contributed by atoms with Gasteiger partial charge in [-0.15, -0.1) is 11.3 Å². The molecular formula is C21H23N3O3S2. The van der Waals surface area contributed by atoms with Gasteiger partial charge in [0.25, 0.3) is 5.91 Å². The van der Waals surface area contributed by atoms with Gasteiger partial charge in [-0.05, 0) is 47.8 Å². The zero-order valence-electron chi connectivity index (χ0n) is 16.0. The van der Waals surface area contributed by atoms with Crippen LogP contribution in [0.25, 0.3) is 0 Å². The number of rotatable bonds is 9. The molecule has 1 aromatic heterocycles. The van der Waals surface area contributed by atoms with Gasteiger partial charge in [0.05, 0.1) is 4.90 Å². The summed E-state index contributed by atoms with van der Waals surface area (Å²) < 4.78 is 27.3. The Labute approximate surface area is 175 Å². The van der Waals surface area contributed by atoms with Gasteiger partial charge in [0, 0.05) is 42.8 Å². The summed E-state index contributed by atoms with van der Waals surface area (Å²) in [5.74, 6) is -0.234. The molecule has 29 heavy (non-hydrogen) atoms. The number of amides is 1. The molecule has 1 amide bonds. The van der Waals surface area contributed by atoms with Crippen molar-refractivity contribution in [2.24, 2.45) is 0 Å². The summed E-state index contributed by atoms with van der Waals surface area (Å²) in [5, 5.41) is 4.75. The first-order chi connectivity index (χ1) is 14.0. The Morgan fingerprint density at radius 3 is 2.38 bits per heavy atom. The SMILES string of the molecule is CN(CCNC(=O)c1ccc(S(=O)(=O)NCc2cccs2)cc1)c1ccccc1. The first-order valence-electron chi connectivity index (χ1n) is 9.12. The van der Waals surface area contributed by atoms with Crippen molar-refractivity contribution in [3.05, 3.63) is 82.6 Å². The van der Waals surface area contributed by atoms with Crippen LogP contribution in [-0.2, 0) is 16.6 Å². The molecule has 152 valence electrons. The summed E-state index contributed by atoms with van der Waals surface area (Å²) in [4.78, 5) is 15.4. The number of para-hydroxylation sites is 1. The molecule has 0 saturated carbocycles. The highest BCUT2D eigenvalue weighted by molar-refractivity contribution is 7.89. The fourth-order valence-electron chi connectivity index (χ4n) is 2.70. The first kappa shape index (κ1) is 21.0. The fourth-order valence-corrected chi connectivity index (χ4v) is 4.44. The first-order valence-corrected chi connectivity index (χ1v) is 11.5. The third-order valence-electron chi connectivity index (χ3n) is 4.37. The molecule has 0 bridgehead atoms. The predicted octanol–water partition coefficient (Wildman–Crippen LogP) is 3.09. The molecule has 0 radical (unpaired) electrons. The molecule has 2 N–H and O–H groups in total. The van der Waals surface area contributed by atoms with Crippen molar-refractivity contribution in [1.29, 1.82) is 0 Å². The van der Waals surface area contributed by atoms with E-state index >= 15 is 0 Å². The van der Waals surface area contributed by atoms with Crippen LogP contribution >= 0.6 is 11.3 Å². The van der Waals surface area contributed by atoms with Crippen LogP contribution in [0.3, 0.4) is 0 Å². The molecule has 6 nitrogen and oxygen atoms in total. The molecule has 0 aliphatic rings. The van der Waals surface area contributed by atoms with Crippen molar-refractivity contribution in [1.82, 2.24) is 10.0 Å². The van der Waals surface area contributed by atoms with Crippen LogP contribution < -0.4 is 14.9 Å². The summed E-state index contributed by atoms with van der Waals surface area (Å²) in [5.41, 5.74) is 1.50. The van der Waals surface area contributed by atoms with Crippen molar-refractivity contribution in [2.45, 2.75) is 11.4 Å². The maximum atomic E-state index is 12.4. The van der Waals surface area contributed by atoms with Gasteiger partial charge >= 0.3 is 0 Å². The number of likely N-dealkylation sites (N-methyl/N-ethyl adjacent to an activating group) is 1. The number of sulfonamides is 1. The molecule has 0 unspecified atom stereocenters. The lowest BCUT2D eigenvalue weighted by atomic mass is 10.2. The lowest BCUT2D eigenvalue weighted by Gasteiger charge is -2.19. The van der Waals surface area contributed by atoms with Crippen LogP contribution in [-0.4, -0.2) is 34.5 Å². The van der Waals surface area contributed by atoms with E-state index in [1.807, 2.05) is 54.9 Å². The number of nitrogens with zero attached hydrogens (tertiary/aromatic N) is 1. The molecule has 0 spiro atoms. The molecule has 0 aliphatic carbocycles. The fraction of sp³-hybridized carbons (Fsp3) is 0.190. The Hall–Kier alpha value is -2.68. The van der Waals surface area contributed by atoms with Gasteiger partial charge in [0.1, 0.15) is 0 Å². The van der Waals surface area contributed by atoms with Gasteiger partial charge < -0.3 is 10.2 Å². The van der Waals surface area contributed by atoms with Gasteiger partial charge in [-0.1, -0.05) is 24.3 Å². The Morgan fingerprint density at radius 1 is 1.00 bits per heavy atom. The summed E-state index contributed by atoms with van der Waals surface area (Å²) in [6.07, 6.45) is 0. The Morgan fingerprint density at radius 2 is 1.72 bits per heavy atom. The van der Waals surface area contributed by atoms with Crippen LogP contribution in [0.1, 0.15) is 15.2 Å². The van der Waals surface area contributed by atoms with Crippen LogP contribution in [0.5, 0.6) is 0 Å². The molecule has 3 rings (SSSR count). The second kappa shape index (κ2) is 9.69. The Bertz CT molecular complexity index is 1020. The van der Waals surface area contributed by atoms with E-state index in [0.29, 0.717) is 18.7 Å². The minimum atomic E-state index is -3.62. The molecule has 0 atom stereocenters. The van der Waals surface area contributed by atoms with E-state index in [9.17, 15) is 13.2 Å². The highest BCUT2D eigenvalue weighted by Crippen LogP contribution is 2.14. The zero-order valence-corrected chi connectivity index (χ0v) is 17.7. The minimum Gasteiger partial charge on any atom is -0.373 e. The standard InChI is InChI=1S/C21H23N3O3S2/c1-24(18-6-3-2-4-7-18)14-13-22-21(25)17-9-11-20(12-10-17)29(26,27)23-16-19-8-5-15-28-19/h2-12,15,23H,13-14,16H2,1H3,(H,22,25). The highest BCUT2D eigenvalue weighted by atomic mass is 32.2. The molecule has 2 aromatic carbocycles. The average molecular weight is 430 g/mol. The molecule has 0 saturated heterocycles. The Balaban J connectivity index is 1.51. The average Bonchev–Trinajstić information content (AvgIpc) is 3.27. The van der Waals surface area contributed by atoms with Gasteiger partial charge in [0.15, 0.2) is 0 Å². The van der Waals surface area contributed by atoms with E-state index in [4.69, 9.17) is 0 Å². The number of hydrogen-bond donors (Lipinski definition) is 2. The molecule has 8 heteroatoms. The van der Waals surface area contributed by atoms with E-state index in [0.717, 1.165) is 10.6 Å². The molecule has 0 aliphatic heterocycles. The number of anilines is 1.